The number of allylic oxidation sites excluding steroid dienone is 1. The van der Waals surface area contributed by atoms with Crippen LogP contribution in [0.1, 0.15) is 0 Å². The van der Waals surface area contributed by atoms with E-state index in [1.165, 1.54) is 12.2 Å². The molecule has 1 atom stereocenters. The zero-order valence-electron chi connectivity index (χ0n) is 6.99. The maximum absolute atomic E-state index is 9.98. The van der Waals surface area contributed by atoms with Crippen molar-refractivity contribution in [3.63, 3.8) is 0 Å². The topological polar surface area (TPSA) is 101 Å². The van der Waals surface area contributed by atoms with Crippen LogP contribution in [0.4, 0.5) is 0 Å². The number of aliphatic carboxylic acids is 1. The summed E-state index contributed by atoms with van der Waals surface area (Å²) in [5.41, 5.74) is 0. The summed E-state index contributed by atoms with van der Waals surface area (Å²) < 4.78 is 4.17. The van der Waals surface area contributed by atoms with Gasteiger partial charge in [0, 0.05) is 12.2 Å². The van der Waals surface area contributed by atoms with Crippen LogP contribution in [0.15, 0.2) is 24.3 Å². The van der Waals surface area contributed by atoms with Crippen molar-refractivity contribution in [2.45, 2.75) is 6.29 Å². The number of carbonyl (C=O) groups is 3. The Kier molecular flexibility index (Phi) is 5.64. The second kappa shape index (κ2) is 6.55. The summed E-state index contributed by atoms with van der Waals surface area (Å²) in [6, 6.07) is 0. The van der Waals surface area contributed by atoms with Crippen LogP contribution in [0.2, 0.25) is 0 Å². The summed E-state index contributed by atoms with van der Waals surface area (Å²) >= 11 is 0. The van der Waals surface area contributed by atoms with Gasteiger partial charge in [-0.15, -0.1) is 0 Å². The molecule has 0 amide bonds. The van der Waals surface area contributed by atoms with Gasteiger partial charge in [0.15, 0.2) is 0 Å². The minimum atomic E-state index is -1.10. The third-order valence-electron chi connectivity index (χ3n) is 0.951. The van der Waals surface area contributed by atoms with Gasteiger partial charge in [-0.3, -0.25) is 4.79 Å². The lowest BCUT2D eigenvalue weighted by molar-refractivity contribution is -0.150. The van der Waals surface area contributed by atoms with Crippen molar-refractivity contribution in [2.75, 3.05) is 0 Å². The number of carbonyl (C=O) groups excluding carboxylic acids is 2. The summed E-state index contributed by atoms with van der Waals surface area (Å²) in [6.07, 6.45) is 3.56. The molecule has 1 rings (SSSR count). The first-order valence-corrected chi connectivity index (χ1v) is 3.48. The van der Waals surface area contributed by atoms with E-state index >= 15 is 0 Å². The quantitative estimate of drug-likeness (QED) is 0.345. The van der Waals surface area contributed by atoms with E-state index < -0.39 is 18.2 Å². The molecule has 0 spiro atoms. The first-order valence-electron chi connectivity index (χ1n) is 3.48. The van der Waals surface area contributed by atoms with Gasteiger partial charge in [0.1, 0.15) is 6.29 Å². The Morgan fingerprint density at radius 3 is 2.36 bits per heavy atom. The first kappa shape index (κ1) is 12.0. The van der Waals surface area contributed by atoms with E-state index in [-0.39, 0.29) is 0 Å². The van der Waals surface area contributed by atoms with Gasteiger partial charge in [0.2, 0.25) is 6.29 Å². The van der Waals surface area contributed by atoms with Crippen molar-refractivity contribution in [1.29, 1.82) is 0 Å². The molecule has 6 heteroatoms. The van der Waals surface area contributed by atoms with Gasteiger partial charge in [-0.1, -0.05) is 0 Å². The van der Waals surface area contributed by atoms with E-state index in [1.54, 1.807) is 0 Å². The zero-order chi connectivity index (χ0) is 11.0. The van der Waals surface area contributed by atoms with Crippen molar-refractivity contribution in [3.05, 3.63) is 24.3 Å². The lowest BCUT2D eigenvalue weighted by atomic mass is 10.5. The number of hydrogen-bond acceptors (Lipinski definition) is 5. The molecule has 1 unspecified atom stereocenters. The highest BCUT2D eigenvalue weighted by Crippen LogP contribution is 1.98. The maximum Gasteiger partial charge on any atom is 0.333 e. The van der Waals surface area contributed by atoms with E-state index in [2.05, 4.69) is 4.74 Å². The molecule has 14 heavy (non-hydrogen) atoms. The molecule has 0 saturated heterocycles. The number of aliphatic hydroxyl groups is 1. The zero-order valence-corrected chi connectivity index (χ0v) is 6.99. The fraction of sp³-hybridized carbons (Fsp3) is 0.125. The molecule has 0 aliphatic carbocycles. The van der Waals surface area contributed by atoms with Crippen molar-refractivity contribution in [1.82, 2.24) is 0 Å². The van der Waals surface area contributed by atoms with E-state index in [9.17, 15) is 14.4 Å². The summed E-state index contributed by atoms with van der Waals surface area (Å²) in [5, 5.41) is 16.2. The number of carboxylic acids is 1. The van der Waals surface area contributed by atoms with Crippen LogP contribution < -0.4 is 0 Å². The highest BCUT2D eigenvalue weighted by atomic mass is 16.6. The molecule has 0 aromatic heterocycles. The summed E-state index contributed by atoms with van der Waals surface area (Å²) in [4.78, 5) is 28.9. The average Bonchev–Trinajstić information content (AvgIpc) is 2.47. The lowest BCUT2D eigenvalue weighted by Gasteiger charge is -1.94. The molecule has 0 radical (unpaired) electrons. The Balaban J connectivity index is 0.000000241. The van der Waals surface area contributed by atoms with Crippen LogP contribution in [0, 0.1) is 0 Å². The van der Waals surface area contributed by atoms with Gasteiger partial charge in [0.25, 0.3) is 0 Å². The highest BCUT2D eigenvalue weighted by molar-refractivity contribution is 5.84. The molecule has 0 aromatic carbocycles. The molecule has 1 heterocycles. The van der Waals surface area contributed by atoms with Crippen molar-refractivity contribution >= 4 is 18.2 Å². The molecular weight excluding hydrogens is 192 g/mol. The number of rotatable bonds is 2. The molecule has 76 valence electrons. The largest absolute Gasteiger partial charge is 0.478 e. The van der Waals surface area contributed by atoms with Gasteiger partial charge >= 0.3 is 11.9 Å². The number of aliphatic hydroxyl groups excluding tert-OH is 1. The van der Waals surface area contributed by atoms with Crippen LogP contribution in [-0.4, -0.2) is 34.7 Å². The maximum atomic E-state index is 9.98. The molecule has 6 nitrogen and oxygen atoms in total. The first-order chi connectivity index (χ1) is 6.56. The van der Waals surface area contributed by atoms with Crippen LogP contribution in [-0.2, 0) is 19.1 Å². The Hall–Kier alpha value is -1.95. The molecule has 2 N–H and O–H groups in total. The van der Waals surface area contributed by atoms with Crippen molar-refractivity contribution < 1.29 is 29.3 Å². The van der Waals surface area contributed by atoms with Crippen molar-refractivity contribution in [2.24, 2.45) is 0 Å². The molecule has 0 saturated carbocycles. The van der Waals surface area contributed by atoms with E-state index in [0.717, 1.165) is 12.2 Å². The predicted molar refractivity (Wildman–Crippen MR) is 44.1 cm³/mol. The smallest absolute Gasteiger partial charge is 0.333 e. The third-order valence-corrected chi connectivity index (χ3v) is 0.951. The third kappa shape index (κ3) is 6.74. The van der Waals surface area contributed by atoms with Crippen LogP contribution >= 0.6 is 0 Å². The number of aldehydes is 1. The molecule has 0 aromatic rings. The van der Waals surface area contributed by atoms with Crippen LogP contribution in [0.25, 0.3) is 0 Å². The molecular formula is C8H8O6. The van der Waals surface area contributed by atoms with Crippen LogP contribution in [0.5, 0.6) is 0 Å². The summed E-state index contributed by atoms with van der Waals surface area (Å²) in [5.74, 6) is -1.58. The Morgan fingerprint density at radius 2 is 2.21 bits per heavy atom. The number of cyclic esters (lactones) is 1. The summed E-state index contributed by atoms with van der Waals surface area (Å²) in [7, 11) is 0. The van der Waals surface area contributed by atoms with Crippen molar-refractivity contribution in [3.8, 4) is 0 Å². The van der Waals surface area contributed by atoms with E-state index in [1.807, 2.05) is 0 Å². The van der Waals surface area contributed by atoms with E-state index in [0.29, 0.717) is 6.29 Å². The number of ether oxygens (including phenoxy) is 1. The summed E-state index contributed by atoms with van der Waals surface area (Å²) in [6.45, 7) is 0. The van der Waals surface area contributed by atoms with Gasteiger partial charge in [-0.2, -0.15) is 0 Å². The molecule has 1 aliphatic rings. The lowest BCUT2D eigenvalue weighted by Crippen LogP contribution is -2.04. The second-order valence-corrected chi connectivity index (χ2v) is 2.02. The minimum absolute atomic E-state index is 0.411. The standard InChI is InChI=1S/2C4H4O3/c5-3-1-2-4(6)7-3;5-3-1-2-4(6)7/h1-3,5H;1-3H,(H,6,7)/b;2-1-. The molecule has 0 bridgehead atoms. The normalized spacial score (nSPS) is 18.6. The Bertz CT molecular complexity index is 278. The number of hydrogen-bond donors (Lipinski definition) is 2. The monoisotopic (exact) mass is 200 g/mol. The Morgan fingerprint density at radius 1 is 1.57 bits per heavy atom. The van der Waals surface area contributed by atoms with Gasteiger partial charge < -0.3 is 14.9 Å². The van der Waals surface area contributed by atoms with Gasteiger partial charge in [-0.05, 0) is 12.2 Å². The SMILES string of the molecule is O=C/C=C\C(=O)O.O=C1C=CC(O)O1. The average molecular weight is 200 g/mol. The number of carboxylic acid groups (broad SMARTS) is 1. The fourth-order valence-corrected chi connectivity index (χ4v) is 0.480. The minimum Gasteiger partial charge on any atom is -0.478 e. The fourth-order valence-electron chi connectivity index (χ4n) is 0.480. The Labute approximate surface area is 79.1 Å². The molecule has 0 fully saturated rings. The molecule has 1 aliphatic heterocycles. The predicted octanol–water partition coefficient (Wildman–Crippen LogP) is -0.756. The highest BCUT2D eigenvalue weighted by Gasteiger charge is 2.10. The van der Waals surface area contributed by atoms with E-state index in [4.69, 9.17) is 10.2 Å². The van der Waals surface area contributed by atoms with Gasteiger partial charge in [0.05, 0.1) is 0 Å². The number of esters is 1. The second-order valence-electron chi connectivity index (χ2n) is 2.02. The van der Waals surface area contributed by atoms with Crippen LogP contribution in [0.3, 0.4) is 0 Å². The van der Waals surface area contributed by atoms with Gasteiger partial charge in [-0.25, -0.2) is 9.59 Å².